The first-order chi connectivity index (χ1) is 19.9. The van der Waals surface area contributed by atoms with Crippen molar-refractivity contribution in [1.29, 1.82) is 0 Å². The van der Waals surface area contributed by atoms with Gasteiger partial charge in [-0.3, -0.25) is 19.2 Å². The SMILES string of the molecule is COc1cc([C@H]2c3sc(=O)[nH]c3SC3C(=O)N(c4ccccc4)C(=O)C32)ccc1OCC(=O)Nc1ccccc1C. The average molecular weight is 588 g/mol. The molecule has 4 aromatic rings. The number of carbonyl (C=O) groups excluding carboxylic acids is 3. The van der Waals surface area contributed by atoms with Crippen LogP contribution in [0.4, 0.5) is 11.4 Å². The first-order valence-electron chi connectivity index (χ1n) is 12.8. The van der Waals surface area contributed by atoms with Gasteiger partial charge in [-0.25, -0.2) is 4.90 Å². The third-order valence-electron chi connectivity index (χ3n) is 7.16. The molecule has 3 atom stereocenters. The van der Waals surface area contributed by atoms with Crippen molar-refractivity contribution in [2.24, 2.45) is 5.92 Å². The minimum atomic E-state index is -0.719. The average Bonchev–Trinajstić information content (AvgIpc) is 3.47. The van der Waals surface area contributed by atoms with Crippen molar-refractivity contribution < 1.29 is 23.9 Å². The van der Waals surface area contributed by atoms with Gasteiger partial charge < -0.3 is 19.8 Å². The number of para-hydroxylation sites is 2. The number of fused-ring (bicyclic) bond motifs is 2. The molecule has 1 fully saturated rings. The maximum absolute atomic E-state index is 13.8. The molecule has 0 aliphatic carbocycles. The van der Waals surface area contributed by atoms with E-state index in [1.165, 1.54) is 23.8 Å². The highest BCUT2D eigenvalue weighted by Gasteiger charge is 2.56. The molecular formula is C30H25N3O6S2. The van der Waals surface area contributed by atoms with Gasteiger partial charge in [-0.15, -0.1) is 0 Å². The van der Waals surface area contributed by atoms with Crippen LogP contribution in [0, 0.1) is 12.8 Å². The van der Waals surface area contributed by atoms with Crippen LogP contribution < -0.4 is 24.6 Å². The van der Waals surface area contributed by atoms with Crippen molar-refractivity contribution in [3.05, 3.63) is 98.5 Å². The molecule has 0 bridgehead atoms. The van der Waals surface area contributed by atoms with Gasteiger partial charge in [-0.2, -0.15) is 0 Å². The number of benzene rings is 3. The summed E-state index contributed by atoms with van der Waals surface area (Å²) >= 11 is 2.26. The number of nitrogens with one attached hydrogen (secondary N) is 2. The molecular weight excluding hydrogens is 562 g/mol. The number of H-pyrrole nitrogens is 1. The van der Waals surface area contributed by atoms with Gasteiger partial charge >= 0.3 is 4.87 Å². The number of thiazole rings is 1. The lowest BCUT2D eigenvalue weighted by atomic mass is 9.83. The maximum Gasteiger partial charge on any atom is 0.305 e. The number of amides is 3. The smallest absolute Gasteiger partial charge is 0.305 e. The lowest BCUT2D eigenvalue weighted by Gasteiger charge is -2.30. The molecule has 2 aliphatic rings. The fourth-order valence-corrected chi connectivity index (χ4v) is 7.76. The van der Waals surface area contributed by atoms with E-state index in [2.05, 4.69) is 10.3 Å². The lowest BCUT2D eigenvalue weighted by molar-refractivity contribution is -0.122. The Morgan fingerprint density at radius 3 is 2.49 bits per heavy atom. The highest BCUT2D eigenvalue weighted by atomic mass is 32.2. The Labute approximate surface area is 243 Å². The van der Waals surface area contributed by atoms with Crippen LogP contribution in [0.5, 0.6) is 11.5 Å². The van der Waals surface area contributed by atoms with Gasteiger partial charge in [0.2, 0.25) is 11.8 Å². The largest absolute Gasteiger partial charge is 0.493 e. The maximum atomic E-state index is 13.8. The Morgan fingerprint density at radius 2 is 1.73 bits per heavy atom. The van der Waals surface area contributed by atoms with Gasteiger partial charge in [0.1, 0.15) is 5.25 Å². The van der Waals surface area contributed by atoms with E-state index >= 15 is 0 Å². The molecule has 1 aromatic heterocycles. The Kier molecular flexibility index (Phi) is 7.14. The highest BCUT2D eigenvalue weighted by Crippen LogP contribution is 2.53. The number of imide groups is 1. The van der Waals surface area contributed by atoms with E-state index in [4.69, 9.17) is 9.47 Å². The van der Waals surface area contributed by atoms with E-state index in [1.807, 2.05) is 37.3 Å². The minimum absolute atomic E-state index is 0.239. The number of hydrogen-bond donors (Lipinski definition) is 2. The Morgan fingerprint density at radius 1 is 0.976 bits per heavy atom. The van der Waals surface area contributed by atoms with Gasteiger partial charge in [0, 0.05) is 16.5 Å². The number of nitrogens with zero attached hydrogens (tertiary/aromatic N) is 1. The normalized spacial score (nSPS) is 19.5. The molecule has 2 aliphatic heterocycles. The van der Waals surface area contributed by atoms with Crippen LogP contribution in [0.2, 0.25) is 0 Å². The van der Waals surface area contributed by atoms with Crippen molar-refractivity contribution in [2.75, 3.05) is 23.9 Å². The van der Waals surface area contributed by atoms with Gasteiger partial charge in [0.25, 0.3) is 5.91 Å². The number of anilines is 2. The third-order valence-corrected chi connectivity index (χ3v) is 9.56. The van der Waals surface area contributed by atoms with Gasteiger partial charge in [0.15, 0.2) is 18.1 Å². The minimum Gasteiger partial charge on any atom is -0.493 e. The first kappa shape index (κ1) is 26.9. The molecule has 208 valence electrons. The monoisotopic (exact) mass is 587 g/mol. The molecule has 0 saturated carbocycles. The summed E-state index contributed by atoms with van der Waals surface area (Å²) in [6.07, 6.45) is 0. The standard InChI is InChI=1S/C30H25N3O6S2/c1-16-8-6-7-11-19(16)31-22(34)15-39-20-13-12-17(14-21(20)38-2)23-24-26(40-27-25(23)41-30(37)32-27)29(36)33(28(24)35)18-9-4-3-5-10-18/h3-14,23-24,26H,15H2,1-2H3,(H,31,34)(H,32,37)/t23-,24?,26?/m1/s1. The summed E-state index contributed by atoms with van der Waals surface area (Å²) in [7, 11) is 1.49. The molecule has 3 aromatic carbocycles. The molecule has 6 rings (SSSR count). The van der Waals surface area contributed by atoms with E-state index in [0.29, 0.717) is 38.3 Å². The number of ether oxygens (including phenoxy) is 2. The number of aromatic nitrogens is 1. The predicted molar refractivity (Wildman–Crippen MR) is 157 cm³/mol. The molecule has 9 nitrogen and oxygen atoms in total. The van der Waals surface area contributed by atoms with E-state index in [1.54, 1.807) is 42.5 Å². The summed E-state index contributed by atoms with van der Waals surface area (Å²) in [6, 6.07) is 21.5. The van der Waals surface area contributed by atoms with E-state index in [0.717, 1.165) is 16.9 Å². The van der Waals surface area contributed by atoms with Crippen LogP contribution in [0.1, 0.15) is 21.9 Å². The quantitative estimate of drug-likeness (QED) is 0.304. The summed E-state index contributed by atoms with van der Waals surface area (Å²) < 4.78 is 11.4. The fraction of sp³-hybridized carbons (Fsp3) is 0.200. The van der Waals surface area contributed by atoms with Crippen molar-refractivity contribution in [2.45, 2.75) is 23.1 Å². The molecule has 1 saturated heterocycles. The van der Waals surface area contributed by atoms with Gasteiger partial charge in [-0.05, 0) is 48.4 Å². The Hall–Kier alpha value is -4.35. The molecule has 3 heterocycles. The summed E-state index contributed by atoms with van der Waals surface area (Å²) in [6.45, 7) is 1.66. The Bertz CT molecular complexity index is 1720. The van der Waals surface area contributed by atoms with Crippen LogP contribution in [0.3, 0.4) is 0 Å². The van der Waals surface area contributed by atoms with Crippen LogP contribution in [0.15, 0.2) is 82.6 Å². The first-order valence-corrected chi connectivity index (χ1v) is 14.5. The zero-order valence-electron chi connectivity index (χ0n) is 22.1. The highest BCUT2D eigenvalue weighted by molar-refractivity contribution is 8.00. The van der Waals surface area contributed by atoms with E-state index in [-0.39, 0.29) is 29.2 Å². The zero-order chi connectivity index (χ0) is 28.7. The fourth-order valence-electron chi connectivity index (χ4n) is 5.25. The lowest BCUT2D eigenvalue weighted by Crippen LogP contribution is -2.32. The van der Waals surface area contributed by atoms with Crippen molar-refractivity contribution in [3.63, 3.8) is 0 Å². The predicted octanol–water partition coefficient (Wildman–Crippen LogP) is 4.57. The summed E-state index contributed by atoms with van der Waals surface area (Å²) in [5, 5.41) is 2.73. The van der Waals surface area contributed by atoms with Crippen molar-refractivity contribution >= 4 is 52.2 Å². The molecule has 2 unspecified atom stereocenters. The number of methoxy groups -OCH3 is 1. The molecule has 11 heteroatoms. The van der Waals surface area contributed by atoms with Crippen LogP contribution >= 0.6 is 23.1 Å². The molecule has 2 N–H and O–H groups in total. The second-order valence-corrected chi connectivity index (χ2v) is 11.8. The second kappa shape index (κ2) is 10.9. The van der Waals surface area contributed by atoms with Crippen LogP contribution in [-0.2, 0) is 14.4 Å². The Balaban J connectivity index is 1.30. The topological polar surface area (TPSA) is 118 Å². The van der Waals surface area contributed by atoms with Crippen molar-refractivity contribution in [1.82, 2.24) is 4.98 Å². The number of carbonyl (C=O) groups is 3. The summed E-state index contributed by atoms with van der Waals surface area (Å²) in [5.74, 6) is -1.52. The van der Waals surface area contributed by atoms with Crippen LogP contribution in [0.25, 0.3) is 0 Å². The molecule has 0 radical (unpaired) electrons. The summed E-state index contributed by atoms with van der Waals surface area (Å²) in [4.78, 5) is 56.8. The number of rotatable bonds is 7. The van der Waals surface area contributed by atoms with Crippen molar-refractivity contribution in [3.8, 4) is 11.5 Å². The number of hydrogen-bond acceptors (Lipinski definition) is 8. The second-order valence-electron chi connectivity index (χ2n) is 9.66. The van der Waals surface area contributed by atoms with Gasteiger partial charge in [-0.1, -0.05) is 65.6 Å². The number of aryl methyl sites for hydroxylation is 1. The molecule has 41 heavy (non-hydrogen) atoms. The zero-order valence-corrected chi connectivity index (χ0v) is 23.7. The van der Waals surface area contributed by atoms with E-state index < -0.39 is 17.1 Å². The summed E-state index contributed by atoms with van der Waals surface area (Å²) in [5.41, 5.74) is 2.85. The number of thioether (sulfide) groups is 1. The molecule has 3 amide bonds. The third kappa shape index (κ3) is 4.91. The number of aromatic amines is 1. The van der Waals surface area contributed by atoms with Crippen LogP contribution in [-0.4, -0.2) is 41.7 Å². The van der Waals surface area contributed by atoms with Gasteiger partial charge in [0.05, 0.1) is 23.7 Å². The molecule has 0 spiro atoms. The van der Waals surface area contributed by atoms with E-state index in [9.17, 15) is 19.2 Å².